The van der Waals surface area contributed by atoms with E-state index < -0.39 is 0 Å². The van der Waals surface area contributed by atoms with Gasteiger partial charge in [-0.3, -0.25) is 4.79 Å². The molecule has 1 aromatic carbocycles. The van der Waals surface area contributed by atoms with Gasteiger partial charge in [-0.15, -0.1) is 0 Å². The average Bonchev–Trinajstić information content (AvgIpc) is 2.46. The Balaban J connectivity index is 1.75. The molecule has 0 radical (unpaired) electrons. The molecule has 1 saturated heterocycles. The molecule has 1 aliphatic heterocycles. The van der Waals surface area contributed by atoms with Gasteiger partial charge in [-0.1, -0.05) is 31.5 Å². The molecule has 3 heteroatoms. The van der Waals surface area contributed by atoms with Crippen molar-refractivity contribution in [3.05, 3.63) is 30.3 Å². The molecule has 1 N–H and O–H groups in total. The third-order valence-electron chi connectivity index (χ3n) is 3.76. The molecule has 3 nitrogen and oxygen atoms in total. The summed E-state index contributed by atoms with van der Waals surface area (Å²) in [7, 11) is 0. The Bertz CT molecular complexity index is 369. The van der Waals surface area contributed by atoms with Crippen LogP contribution in [0.15, 0.2) is 30.3 Å². The van der Waals surface area contributed by atoms with E-state index in [4.69, 9.17) is 0 Å². The van der Waals surface area contributed by atoms with Crippen molar-refractivity contribution in [3.8, 4) is 0 Å². The summed E-state index contributed by atoms with van der Waals surface area (Å²) in [5.74, 6) is 1.03. The second-order valence-electron chi connectivity index (χ2n) is 4.95. The molecule has 0 atom stereocenters. The highest BCUT2D eigenvalue weighted by Crippen LogP contribution is 2.19. The van der Waals surface area contributed by atoms with Crippen LogP contribution in [0.2, 0.25) is 0 Å². The molecule has 2 rings (SSSR count). The van der Waals surface area contributed by atoms with Gasteiger partial charge in [0.15, 0.2) is 0 Å². The SMILES string of the molecule is CCC1CCN(C(=O)CNc2ccccc2)CC1. The standard InChI is InChI=1S/C15H22N2O/c1-2-13-8-10-17(11-9-13)15(18)12-16-14-6-4-3-5-7-14/h3-7,13,16H,2,8-12H2,1H3. The van der Waals surface area contributed by atoms with Crippen molar-refractivity contribution < 1.29 is 4.79 Å². The Morgan fingerprint density at radius 3 is 2.56 bits per heavy atom. The van der Waals surface area contributed by atoms with Crippen LogP contribution in [0.5, 0.6) is 0 Å². The summed E-state index contributed by atoms with van der Waals surface area (Å²) in [6.45, 7) is 4.49. The van der Waals surface area contributed by atoms with E-state index in [1.54, 1.807) is 0 Å². The molecule has 1 fully saturated rings. The highest BCUT2D eigenvalue weighted by Gasteiger charge is 2.21. The summed E-state index contributed by atoms with van der Waals surface area (Å²) < 4.78 is 0. The van der Waals surface area contributed by atoms with E-state index in [0.717, 1.165) is 37.5 Å². The van der Waals surface area contributed by atoms with Crippen molar-refractivity contribution in [3.63, 3.8) is 0 Å². The lowest BCUT2D eigenvalue weighted by Crippen LogP contribution is -2.41. The fourth-order valence-electron chi connectivity index (χ4n) is 2.44. The molecule has 0 spiro atoms. The number of para-hydroxylation sites is 1. The van der Waals surface area contributed by atoms with E-state index in [2.05, 4.69) is 12.2 Å². The lowest BCUT2D eigenvalue weighted by molar-refractivity contribution is -0.130. The van der Waals surface area contributed by atoms with Crippen LogP contribution >= 0.6 is 0 Å². The van der Waals surface area contributed by atoms with Crippen LogP contribution in [0.3, 0.4) is 0 Å². The average molecular weight is 246 g/mol. The van der Waals surface area contributed by atoms with Crippen molar-refractivity contribution in [2.45, 2.75) is 26.2 Å². The molecule has 98 valence electrons. The smallest absolute Gasteiger partial charge is 0.241 e. The normalized spacial score (nSPS) is 16.6. The highest BCUT2D eigenvalue weighted by molar-refractivity contribution is 5.80. The number of benzene rings is 1. The van der Waals surface area contributed by atoms with E-state index in [1.807, 2.05) is 35.2 Å². The van der Waals surface area contributed by atoms with Gasteiger partial charge in [0.05, 0.1) is 6.54 Å². The number of carbonyl (C=O) groups is 1. The summed E-state index contributed by atoms with van der Waals surface area (Å²) in [6, 6.07) is 9.88. The molecular weight excluding hydrogens is 224 g/mol. The molecule has 1 heterocycles. The van der Waals surface area contributed by atoms with Crippen molar-refractivity contribution in [2.24, 2.45) is 5.92 Å². The van der Waals surface area contributed by atoms with Gasteiger partial charge in [-0.2, -0.15) is 0 Å². The number of nitrogens with zero attached hydrogens (tertiary/aromatic N) is 1. The number of hydrogen-bond donors (Lipinski definition) is 1. The Hall–Kier alpha value is -1.51. The maximum Gasteiger partial charge on any atom is 0.241 e. The minimum atomic E-state index is 0.216. The summed E-state index contributed by atoms with van der Waals surface area (Å²) in [5.41, 5.74) is 1.01. The number of hydrogen-bond acceptors (Lipinski definition) is 2. The van der Waals surface area contributed by atoms with Crippen molar-refractivity contribution >= 4 is 11.6 Å². The van der Waals surface area contributed by atoms with Crippen molar-refractivity contribution in [1.29, 1.82) is 0 Å². The van der Waals surface area contributed by atoms with Crippen LogP contribution in [0, 0.1) is 5.92 Å². The van der Waals surface area contributed by atoms with Crippen LogP contribution in [-0.4, -0.2) is 30.4 Å². The van der Waals surface area contributed by atoms with E-state index >= 15 is 0 Å². The van der Waals surface area contributed by atoms with Crippen molar-refractivity contribution in [2.75, 3.05) is 25.0 Å². The summed E-state index contributed by atoms with van der Waals surface area (Å²) in [6.07, 6.45) is 3.56. The summed E-state index contributed by atoms with van der Waals surface area (Å²) in [4.78, 5) is 14.0. The molecule has 0 unspecified atom stereocenters. The predicted molar refractivity (Wildman–Crippen MR) is 74.5 cm³/mol. The first-order chi connectivity index (χ1) is 8.79. The highest BCUT2D eigenvalue weighted by atomic mass is 16.2. The Morgan fingerprint density at radius 1 is 1.28 bits per heavy atom. The molecule has 0 saturated carbocycles. The minimum Gasteiger partial charge on any atom is -0.376 e. The number of carbonyl (C=O) groups excluding carboxylic acids is 1. The predicted octanol–water partition coefficient (Wildman–Crippen LogP) is 2.75. The van der Waals surface area contributed by atoms with Crippen LogP contribution in [0.1, 0.15) is 26.2 Å². The number of anilines is 1. The molecule has 1 aliphatic rings. The molecule has 1 aromatic rings. The van der Waals surface area contributed by atoms with Crippen LogP contribution in [0.25, 0.3) is 0 Å². The Morgan fingerprint density at radius 2 is 1.94 bits per heavy atom. The van der Waals surface area contributed by atoms with Gasteiger partial charge < -0.3 is 10.2 Å². The van der Waals surface area contributed by atoms with Gasteiger partial charge in [-0.05, 0) is 30.9 Å². The van der Waals surface area contributed by atoms with Crippen LogP contribution in [0.4, 0.5) is 5.69 Å². The second-order valence-corrected chi connectivity index (χ2v) is 4.95. The van der Waals surface area contributed by atoms with E-state index in [-0.39, 0.29) is 5.91 Å². The minimum absolute atomic E-state index is 0.216. The van der Waals surface area contributed by atoms with Crippen LogP contribution in [-0.2, 0) is 4.79 Å². The third-order valence-corrected chi connectivity index (χ3v) is 3.76. The Labute approximate surface area is 109 Å². The van der Waals surface area contributed by atoms with Gasteiger partial charge in [0, 0.05) is 18.8 Å². The topological polar surface area (TPSA) is 32.3 Å². The largest absolute Gasteiger partial charge is 0.376 e. The molecule has 0 aromatic heterocycles. The fraction of sp³-hybridized carbons (Fsp3) is 0.533. The molecule has 18 heavy (non-hydrogen) atoms. The quantitative estimate of drug-likeness (QED) is 0.886. The fourth-order valence-corrected chi connectivity index (χ4v) is 2.44. The van der Waals surface area contributed by atoms with Gasteiger partial charge in [-0.25, -0.2) is 0 Å². The first-order valence-electron chi connectivity index (χ1n) is 6.86. The second kappa shape index (κ2) is 6.43. The first-order valence-corrected chi connectivity index (χ1v) is 6.86. The number of rotatable bonds is 4. The van der Waals surface area contributed by atoms with Crippen molar-refractivity contribution in [1.82, 2.24) is 4.90 Å². The van der Waals surface area contributed by atoms with E-state index in [1.165, 1.54) is 6.42 Å². The zero-order chi connectivity index (χ0) is 12.8. The third kappa shape index (κ3) is 3.49. The number of likely N-dealkylation sites (tertiary alicyclic amines) is 1. The maximum atomic E-state index is 12.0. The molecule has 0 bridgehead atoms. The van der Waals surface area contributed by atoms with E-state index in [0.29, 0.717) is 6.54 Å². The molecule has 1 amide bonds. The summed E-state index contributed by atoms with van der Waals surface area (Å²) in [5, 5.41) is 3.18. The molecule has 0 aliphatic carbocycles. The van der Waals surface area contributed by atoms with E-state index in [9.17, 15) is 4.79 Å². The number of nitrogens with one attached hydrogen (secondary N) is 1. The first kappa shape index (κ1) is 12.9. The lowest BCUT2D eigenvalue weighted by atomic mass is 9.94. The van der Waals surface area contributed by atoms with Gasteiger partial charge in [0.2, 0.25) is 5.91 Å². The number of amides is 1. The maximum absolute atomic E-state index is 12.0. The summed E-state index contributed by atoms with van der Waals surface area (Å²) >= 11 is 0. The Kier molecular flexibility index (Phi) is 4.62. The van der Waals surface area contributed by atoms with Gasteiger partial charge in [0.1, 0.15) is 0 Å². The zero-order valence-corrected chi connectivity index (χ0v) is 11.1. The van der Waals surface area contributed by atoms with Gasteiger partial charge >= 0.3 is 0 Å². The molecular formula is C15H22N2O. The lowest BCUT2D eigenvalue weighted by Gasteiger charge is -2.31. The van der Waals surface area contributed by atoms with Crippen LogP contribution < -0.4 is 5.32 Å². The van der Waals surface area contributed by atoms with Gasteiger partial charge in [0.25, 0.3) is 0 Å². The number of piperidine rings is 1. The zero-order valence-electron chi connectivity index (χ0n) is 11.1. The monoisotopic (exact) mass is 246 g/mol.